The molecule has 1 fully saturated rings. The van der Waals surface area contributed by atoms with Crippen molar-refractivity contribution in [3.05, 3.63) is 35.4 Å². The van der Waals surface area contributed by atoms with Gasteiger partial charge in [0.05, 0.1) is 6.61 Å². The first-order chi connectivity index (χ1) is 8.70. The Balaban J connectivity index is 2.02. The van der Waals surface area contributed by atoms with Crippen LogP contribution in [0.1, 0.15) is 28.8 Å². The minimum atomic E-state index is 0.108. The maximum absolute atomic E-state index is 12.3. The lowest BCUT2D eigenvalue weighted by Gasteiger charge is -2.32. The molecule has 4 nitrogen and oxygen atoms in total. The second-order valence-electron chi connectivity index (χ2n) is 4.96. The van der Waals surface area contributed by atoms with Crippen LogP contribution in [-0.2, 0) is 4.84 Å². The average molecular weight is 248 g/mol. The van der Waals surface area contributed by atoms with E-state index in [1.54, 1.807) is 0 Å². The van der Waals surface area contributed by atoms with Gasteiger partial charge in [-0.1, -0.05) is 17.7 Å². The molecule has 1 unspecified atom stereocenters. The van der Waals surface area contributed by atoms with E-state index in [4.69, 9.17) is 10.7 Å². The first-order valence-corrected chi connectivity index (χ1v) is 6.38. The molecule has 98 valence electrons. The summed E-state index contributed by atoms with van der Waals surface area (Å²) in [5.41, 5.74) is 1.93. The van der Waals surface area contributed by atoms with Crippen molar-refractivity contribution in [1.29, 1.82) is 0 Å². The van der Waals surface area contributed by atoms with Crippen LogP contribution in [-0.4, -0.2) is 30.5 Å². The largest absolute Gasteiger partial charge is 0.338 e. The van der Waals surface area contributed by atoms with Gasteiger partial charge in [0.25, 0.3) is 5.91 Å². The van der Waals surface area contributed by atoms with E-state index in [1.807, 2.05) is 36.1 Å². The monoisotopic (exact) mass is 248 g/mol. The molecule has 2 N–H and O–H groups in total. The molecule has 0 radical (unpaired) electrons. The third-order valence-corrected chi connectivity index (χ3v) is 3.44. The molecule has 0 aromatic heterocycles. The lowest BCUT2D eigenvalue weighted by Crippen LogP contribution is -2.41. The van der Waals surface area contributed by atoms with Gasteiger partial charge >= 0.3 is 0 Å². The normalized spacial score (nSPS) is 19.9. The summed E-state index contributed by atoms with van der Waals surface area (Å²) in [5.74, 6) is 5.57. The maximum Gasteiger partial charge on any atom is 0.253 e. The van der Waals surface area contributed by atoms with Crippen molar-refractivity contribution in [2.45, 2.75) is 19.8 Å². The zero-order chi connectivity index (χ0) is 13.0. The lowest BCUT2D eigenvalue weighted by molar-refractivity contribution is 0.0472. The van der Waals surface area contributed by atoms with Crippen molar-refractivity contribution in [3.63, 3.8) is 0 Å². The molecule has 0 saturated carbocycles. The summed E-state index contributed by atoms with van der Waals surface area (Å²) >= 11 is 0. The summed E-state index contributed by atoms with van der Waals surface area (Å²) in [7, 11) is 0. The van der Waals surface area contributed by atoms with Gasteiger partial charge in [-0.15, -0.1) is 0 Å². The quantitative estimate of drug-likeness (QED) is 0.829. The standard InChI is InChI=1S/C14H20N2O2/c1-11-4-6-13(7-5-11)14(17)16-8-2-3-12(9-16)10-18-15/h4-7,12H,2-3,8-10,15H2,1H3. The van der Waals surface area contributed by atoms with E-state index >= 15 is 0 Å². The first kappa shape index (κ1) is 13.1. The topological polar surface area (TPSA) is 55.6 Å². The Morgan fingerprint density at radius 2 is 2.17 bits per heavy atom. The van der Waals surface area contributed by atoms with E-state index in [1.165, 1.54) is 5.56 Å². The highest BCUT2D eigenvalue weighted by atomic mass is 16.6. The van der Waals surface area contributed by atoms with E-state index in [0.717, 1.165) is 31.5 Å². The molecular formula is C14H20N2O2. The maximum atomic E-state index is 12.3. The molecule has 1 saturated heterocycles. The number of piperidine rings is 1. The number of likely N-dealkylation sites (tertiary alicyclic amines) is 1. The zero-order valence-electron chi connectivity index (χ0n) is 10.8. The molecule has 1 heterocycles. The van der Waals surface area contributed by atoms with Crippen LogP contribution < -0.4 is 5.90 Å². The Hall–Kier alpha value is -1.39. The Kier molecular flexibility index (Phi) is 4.33. The fraction of sp³-hybridized carbons (Fsp3) is 0.500. The molecule has 1 aromatic carbocycles. The Morgan fingerprint density at radius 3 is 2.83 bits per heavy atom. The van der Waals surface area contributed by atoms with Gasteiger partial charge in [-0.2, -0.15) is 0 Å². The van der Waals surface area contributed by atoms with Crippen LogP contribution in [0.15, 0.2) is 24.3 Å². The third-order valence-electron chi connectivity index (χ3n) is 3.44. The molecule has 1 amide bonds. The number of nitrogens with two attached hydrogens (primary N) is 1. The van der Waals surface area contributed by atoms with Crippen molar-refractivity contribution in [1.82, 2.24) is 4.90 Å². The molecule has 1 atom stereocenters. The number of carbonyl (C=O) groups is 1. The van der Waals surface area contributed by atoms with Gasteiger partial charge in [-0.3, -0.25) is 4.79 Å². The van der Waals surface area contributed by atoms with Gasteiger partial charge in [0.2, 0.25) is 0 Å². The van der Waals surface area contributed by atoms with Crippen molar-refractivity contribution in [2.75, 3.05) is 19.7 Å². The van der Waals surface area contributed by atoms with Crippen LogP contribution in [0.25, 0.3) is 0 Å². The third kappa shape index (κ3) is 3.09. The minimum Gasteiger partial charge on any atom is -0.338 e. The van der Waals surface area contributed by atoms with Crippen LogP contribution in [0, 0.1) is 12.8 Å². The zero-order valence-corrected chi connectivity index (χ0v) is 10.8. The number of amides is 1. The number of aryl methyl sites for hydroxylation is 1. The number of nitrogens with zero attached hydrogens (tertiary/aromatic N) is 1. The van der Waals surface area contributed by atoms with Crippen molar-refractivity contribution < 1.29 is 9.63 Å². The predicted octanol–water partition coefficient (Wildman–Crippen LogP) is 1.74. The fourth-order valence-electron chi connectivity index (χ4n) is 2.40. The van der Waals surface area contributed by atoms with Crippen molar-refractivity contribution >= 4 is 5.91 Å². The van der Waals surface area contributed by atoms with Crippen molar-refractivity contribution in [3.8, 4) is 0 Å². The highest BCUT2D eigenvalue weighted by molar-refractivity contribution is 5.94. The summed E-state index contributed by atoms with van der Waals surface area (Å²) < 4.78 is 0. The molecule has 0 bridgehead atoms. The molecule has 0 spiro atoms. The van der Waals surface area contributed by atoms with Crippen LogP contribution >= 0.6 is 0 Å². The number of carbonyl (C=O) groups excluding carboxylic acids is 1. The summed E-state index contributed by atoms with van der Waals surface area (Å²) in [4.78, 5) is 18.9. The first-order valence-electron chi connectivity index (χ1n) is 6.38. The molecule has 2 rings (SSSR count). The Labute approximate surface area is 108 Å². The van der Waals surface area contributed by atoms with Gasteiger partial charge in [-0.25, -0.2) is 5.90 Å². The number of benzene rings is 1. The molecule has 4 heteroatoms. The molecule has 18 heavy (non-hydrogen) atoms. The van der Waals surface area contributed by atoms with E-state index in [9.17, 15) is 4.79 Å². The van der Waals surface area contributed by atoms with Gasteiger partial charge in [0.15, 0.2) is 0 Å². The number of hydrogen-bond donors (Lipinski definition) is 1. The SMILES string of the molecule is Cc1ccc(C(=O)N2CCCC(CON)C2)cc1. The van der Waals surface area contributed by atoms with Gasteiger partial charge in [-0.05, 0) is 31.9 Å². The van der Waals surface area contributed by atoms with E-state index < -0.39 is 0 Å². The molecule has 1 aliphatic heterocycles. The Morgan fingerprint density at radius 1 is 1.44 bits per heavy atom. The Bertz CT molecular complexity index is 401. The van der Waals surface area contributed by atoms with Gasteiger partial charge in [0.1, 0.15) is 0 Å². The van der Waals surface area contributed by atoms with Gasteiger partial charge < -0.3 is 9.74 Å². The number of hydrogen-bond acceptors (Lipinski definition) is 3. The number of rotatable bonds is 3. The van der Waals surface area contributed by atoms with Gasteiger partial charge in [0, 0.05) is 24.6 Å². The fourth-order valence-corrected chi connectivity index (χ4v) is 2.40. The molecule has 1 aromatic rings. The lowest BCUT2D eigenvalue weighted by atomic mass is 9.98. The summed E-state index contributed by atoms with van der Waals surface area (Å²) in [5, 5.41) is 0. The van der Waals surface area contributed by atoms with Crippen LogP contribution in [0.2, 0.25) is 0 Å². The molecule has 0 aliphatic carbocycles. The van der Waals surface area contributed by atoms with E-state index in [0.29, 0.717) is 12.5 Å². The average Bonchev–Trinajstić information content (AvgIpc) is 2.39. The minimum absolute atomic E-state index is 0.108. The second-order valence-corrected chi connectivity index (χ2v) is 4.96. The highest BCUT2D eigenvalue weighted by Gasteiger charge is 2.24. The van der Waals surface area contributed by atoms with Crippen LogP contribution in [0.4, 0.5) is 0 Å². The van der Waals surface area contributed by atoms with E-state index in [-0.39, 0.29) is 5.91 Å². The summed E-state index contributed by atoms with van der Waals surface area (Å²) in [6, 6.07) is 7.72. The summed E-state index contributed by atoms with van der Waals surface area (Å²) in [6.45, 7) is 4.11. The second kappa shape index (κ2) is 5.98. The predicted molar refractivity (Wildman–Crippen MR) is 69.9 cm³/mol. The molecule has 1 aliphatic rings. The molecular weight excluding hydrogens is 228 g/mol. The summed E-state index contributed by atoms with van der Waals surface area (Å²) in [6.07, 6.45) is 2.10. The van der Waals surface area contributed by atoms with Crippen molar-refractivity contribution in [2.24, 2.45) is 11.8 Å². The van der Waals surface area contributed by atoms with E-state index in [2.05, 4.69) is 0 Å². The van der Waals surface area contributed by atoms with Crippen LogP contribution in [0.3, 0.4) is 0 Å². The van der Waals surface area contributed by atoms with Crippen LogP contribution in [0.5, 0.6) is 0 Å². The smallest absolute Gasteiger partial charge is 0.253 e. The highest BCUT2D eigenvalue weighted by Crippen LogP contribution is 2.18.